The number of hydrogen-bond acceptors (Lipinski definition) is 0. The van der Waals surface area contributed by atoms with Crippen LogP contribution in [0.4, 0.5) is 0 Å². The molecule has 110 heavy (non-hydrogen) atoms. The Labute approximate surface area is 642 Å². The molecule has 0 unspecified atom stereocenters. The van der Waals surface area contributed by atoms with Crippen LogP contribution in [-0.2, 0) is 0 Å². The van der Waals surface area contributed by atoms with Crippen molar-refractivity contribution in [2.45, 2.75) is 0 Å². The van der Waals surface area contributed by atoms with Crippen LogP contribution < -0.4 is 0 Å². The predicted molar refractivity (Wildman–Crippen MR) is 470 cm³/mol. The quantitative estimate of drug-likeness (QED) is 0.0752. The molecular weight excluding hydrogens is 1320 g/mol. The van der Waals surface area contributed by atoms with Gasteiger partial charge in [0.05, 0.1) is 0 Å². The summed E-state index contributed by atoms with van der Waals surface area (Å²) in [5.74, 6) is 0. The van der Waals surface area contributed by atoms with Crippen LogP contribution in [-0.4, -0.2) is 0 Å². The second-order valence-electron chi connectivity index (χ2n) is 29.1. The lowest BCUT2D eigenvalue weighted by molar-refractivity contribution is 1.54. The summed E-state index contributed by atoms with van der Waals surface area (Å²) in [7, 11) is 0. The molecule has 0 aromatic heterocycles. The van der Waals surface area contributed by atoms with E-state index in [-0.39, 0.29) is 0 Å². The summed E-state index contributed by atoms with van der Waals surface area (Å²) in [5, 5.41) is 12.2. The van der Waals surface area contributed by atoms with Crippen LogP contribution in [0.1, 0.15) is 0 Å². The fourth-order valence-electron chi connectivity index (χ4n) is 16.9. The van der Waals surface area contributed by atoms with E-state index in [9.17, 15) is 0 Å². The Bertz CT molecular complexity index is 6450. The molecule has 0 saturated carbocycles. The van der Waals surface area contributed by atoms with E-state index in [0.29, 0.717) is 0 Å². The highest BCUT2D eigenvalue weighted by atomic mass is 14.3. The first-order chi connectivity index (χ1) is 54.5. The van der Waals surface area contributed by atoms with E-state index in [1.54, 1.807) is 0 Å². The Hall–Kier alpha value is -14.3. The first kappa shape index (κ1) is 65.2. The Morgan fingerprint density at radius 1 is 0.0909 bits per heavy atom. The molecule has 0 atom stereocenters. The minimum absolute atomic E-state index is 1.12. The third-order valence-corrected chi connectivity index (χ3v) is 22.3. The molecule has 0 saturated heterocycles. The van der Waals surface area contributed by atoms with Gasteiger partial charge >= 0.3 is 0 Å². The first-order valence-electron chi connectivity index (χ1n) is 38.1. The summed E-state index contributed by atoms with van der Waals surface area (Å²) >= 11 is 0. The van der Waals surface area contributed by atoms with E-state index in [0.717, 1.165) is 94.6 Å². The zero-order valence-electron chi connectivity index (χ0n) is 60.6. The van der Waals surface area contributed by atoms with E-state index in [2.05, 4.69) is 437 Å². The maximum absolute atomic E-state index is 2.48. The predicted octanol–water partition coefficient (Wildman–Crippen LogP) is 30.8. The summed E-state index contributed by atoms with van der Waals surface area (Å²) in [6, 6.07) is 163. The van der Waals surface area contributed by atoms with Gasteiger partial charge in [-0.2, -0.15) is 0 Å². The lowest BCUT2D eigenvalue weighted by atomic mass is 9.82. The fourth-order valence-corrected chi connectivity index (χ4v) is 16.9. The van der Waals surface area contributed by atoms with Crippen molar-refractivity contribution in [1.82, 2.24) is 0 Å². The maximum Gasteiger partial charge on any atom is -0.00141 e. The Morgan fingerprint density at radius 2 is 0.318 bits per heavy atom. The molecule has 0 nitrogen and oxygen atoms in total. The largest absolute Gasteiger partial charge is 0.0622 e. The van der Waals surface area contributed by atoms with E-state index >= 15 is 0 Å². The number of rotatable bonds is 14. The minimum atomic E-state index is 1.12. The van der Waals surface area contributed by atoms with Crippen molar-refractivity contribution in [1.29, 1.82) is 0 Å². The highest BCUT2D eigenvalue weighted by Gasteiger charge is 2.23. The number of hydrogen-bond donors (Lipinski definition) is 0. The zero-order chi connectivity index (χ0) is 72.9. The normalized spacial score (nSPS) is 11.5. The van der Waals surface area contributed by atoms with Crippen LogP contribution in [0.5, 0.6) is 0 Å². The Kier molecular flexibility index (Phi) is 16.7. The van der Waals surface area contributed by atoms with Crippen LogP contribution in [0.2, 0.25) is 0 Å². The summed E-state index contributed by atoms with van der Waals surface area (Å²) < 4.78 is 0. The molecule has 512 valence electrons. The first-order valence-corrected chi connectivity index (χ1v) is 38.1. The van der Waals surface area contributed by atoms with Gasteiger partial charge in [-0.25, -0.2) is 0 Å². The summed E-state index contributed by atoms with van der Waals surface area (Å²) in [5.41, 5.74) is 32.6. The van der Waals surface area contributed by atoms with E-state index < -0.39 is 0 Å². The van der Waals surface area contributed by atoms with Crippen molar-refractivity contribution in [3.05, 3.63) is 437 Å². The second kappa shape index (κ2) is 28.2. The summed E-state index contributed by atoms with van der Waals surface area (Å²) in [6.07, 6.45) is 0. The molecule has 0 aliphatic heterocycles. The van der Waals surface area contributed by atoms with Crippen LogP contribution >= 0.6 is 0 Å². The summed E-state index contributed by atoms with van der Waals surface area (Å²) in [4.78, 5) is 0. The number of fused-ring (bicyclic) bond motifs is 7. The molecule has 0 radical (unpaired) electrons. The highest BCUT2D eigenvalue weighted by molar-refractivity contribution is 6.28. The van der Waals surface area contributed by atoms with Crippen molar-refractivity contribution in [2.24, 2.45) is 0 Å². The lowest BCUT2D eigenvalue weighted by Gasteiger charge is -2.21. The molecule has 0 bridgehead atoms. The van der Waals surface area contributed by atoms with Crippen molar-refractivity contribution < 1.29 is 0 Å². The molecule has 0 aliphatic rings. The topological polar surface area (TPSA) is 0 Å². The maximum atomic E-state index is 2.48. The van der Waals surface area contributed by atoms with Crippen molar-refractivity contribution in [3.63, 3.8) is 0 Å². The van der Waals surface area contributed by atoms with E-state index in [1.807, 2.05) is 0 Å². The lowest BCUT2D eigenvalue weighted by Crippen LogP contribution is -1.94. The van der Waals surface area contributed by atoms with Gasteiger partial charge in [0.15, 0.2) is 0 Å². The average molecular weight is 1390 g/mol. The molecule has 0 heterocycles. The van der Waals surface area contributed by atoms with Gasteiger partial charge in [0.1, 0.15) is 0 Å². The number of benzene rings is 20. The van der Waals surface area contributed by atoms with Crippen molar-refractivity contribution >= 4 is 53.9 Å². The van der Waals surface area contributed by atoms with Crippen LogP contribution in [0.3, 0.4) is 0 Å². The summed E-state index contributed by atoms with van der Waals surface area (Å²) in [6.45, 7) is 0. The molecule has 0 N–H and O–H groups in total. The third-order valence-electron chi connectivity index (χ3n) is 22.3. The van der Waals surface area contributed by atoms with Crippen LogP contribution in [0.25, 0.3) is 210 Å². The molecular formula is C110H72. The molecule has 0 spiro atoms. The highest BCUT2D eigenvalue weighted by Crippen LogP contribution is 2.50. The van der Waals surface area contributed by atoms with E-state index in [4.69, 9.17) is 0 Å². The molecule has 0 fully saturated rings. The van der Waals surface area contributed by atoms with Gasteiger partial charge in [-0.3, -0.25) is 0 Å². The standard InChI is InChI=1S/C110H72/c1-5-25-73(26-6-1)80-35-19-39-84(57-80)93-63-94(85-40-20-36-81(58-85)74-27-7-2-8-28-74)66-97(65-93)88-43-23-45-90(61-88)99-69-100(91-46-24-44-89(62-91)98-67-95(86-41-21-37-82(59-86)75-29-9-3-10-30-75)64-96(68-98)87-42-22-38-83(60-87)76-31-11-4-12-32-76)71-101(70-99)109-105-50-18-17-49-104(105)108(106-56-55-78-34-14-16-48-103(78)110(106)109)92-54-53-79-52-51-77-33-13-15-47-102(77)107(79)72-92/h1-72H. The van der Waals surface area contributed by atoms with Gasteiger partial charge in [-0.05, 0) is 307 Å². The molecule has 0 heteroatoms. The SMILES string of the molecule is c1ccc(-c2cccc(-c3cc(-c4cccc(-c5ccccc5)c4)cc(-c4cccc(-c5cc(-c6cccc(-c7cc(-c8cccc(-c9ccccc9)c8)cc(-c8cccc(-c9ccccc9)c8)c7)c6)cc(-c6c7ccccc7c(-c7ccc8ccc9ccccc9c8c7)c7ccc8ccccc8c67)c5)c4)c3)c2)cc1. The smallest absolute Gasteiger partial charge is 0.00141 e. The second-order valence-corrected chi connectivity index (χ2v) is 29.1. The Balaban J connectivity index is 0.802. The van der Waals surface area contributed by atoms with Crippen molar-refractivity contribution in [2.75, 3.05) is 0 Å². The average Bonchev–Trinajstić information content (AvgIpc) is 0.715. The minimum Gasteiger partial charge on any atom is -0.0622 e. The molecule has 20 aromatic carbocycles. The molecule has 20 aromatic rings. The van der Waals surface area contributed by atoms with Crippen LogP contribution in [0, 0.1) is 0 Å². The monoisotopic (exact) mass is 1390 g/mol. The van der Waals surface area contributed by atoms with Crippen molar-refractivity contribution in [3.8, 4) is 156 Å². The molecule has 20 rings (SSSR count). The zero-order valence-corrected chi connectivity index (χ0v) is 60.6. The van der Waals surface area contributed by atoms with Gasteiger partial charge in [0, 0.05) is 0 Å². The van der Waals surface area contributed by atoms with E-state index in [1.165, 1.54) is 115 Å². The Morgan fingerprint density at radius 3 is 0.664 bits per heavy atom. The van der Waals surface area contributed by atoms with Gasteiger partial charge in [-0.15, -0.1) is 0 Å². The molecule has 0 aliphatic carbocycles. The fraction of sp³-hybridized carbons (Fsp3) is 0. The van der Waals surface area contributed by atoms with Gasteiger partial charge in [-0.1, -0.05) is 340 Å². The van der Waals surface area contributed by atoms with Gasteiger partial charge in [0.2, 0.25) is 0 Å². The van der Waals surface area contributed by atoms with Crippen LogP contribution in [0.15, 0.2) is 437 Å². The van der Waals surface area contributed by atoms with Gasteiger partial charge in [0.25, 0.3) is 0 Å². The van der Waals surface area contributed by atoms with Gasteiger partial charge < -0.3 is 0 Å². The molecule has 0 amide bonds. The third kappa shape index (κ3) is 12.5.